The number of hydrogen-bond acceptors (Lipinski definition) is 2. The Bertz CT molecular complexity index is 432. The van der Waals surface area contributed by atoms with Gasteiger partial charge in [0.15, 0.2) is 0 Å². The number of carbonyl (C=O) groups excluding carboxylic acids is 1. The Balaban J connectivity index is 2.92. The van der Waals surface area contributed by atoms with Gasteiger partial charge in [-0.05, 0) is 36.1 Å². The fraction of sp³-hybridized carbons (Fsp3) is 0.357. The van der Waals surface area contributed by atoms with Crippen LogP contribution in [0.1, 0.15) is 30.9 Å². The summed E-state index contributed by atoms with van der Waals surface area (Å²) >= 11 is 0. The molecular weight excluding hydrogens is 214 g/mol. The van der Waals surface area contributed by atoms with E-state index in [9.17, 15) is 4.79 Å². The van der Waals surface area contributed by atoms with Crippen LogP contribution in [0, 0.1) is 12.3 Å². The number of benzene rings is 1. The van der Waals surface area contributed by atoms with Crippen LogP contribution in [-0.2, 0) is 12.8 Å². The van der Waals surface area contributed by atoms with E-state index in [1.807, 2.05) is 12.1 Å². The smallest absolute Gasteiger partial charge is 0.409 e. The Morgan fingerprint density at radius 2 is 2.24 bits per heavy atom. The second-order valence-electron chi connectivity index (χ2n) is 3.84. The second kappa shape index (κ2) is 6.59. The zero-order valence-corrected chi connectivity index (χ0v) is 10.0. The molecule has 1 rings (SSSR count). The summed E-state index contributed by atoms with van der Waals surface area (Å²) in [5.74, 6) is 3.10. The molecule has 0 heterocycles. The number of rotatable bonds is 5. The molecule has 0 spiro atoms. The number of hydrogen-bond donors (Lipinski definition) is 1. The minimum Gasteiger partial charge on any atom is -0.410 e. The van der Waals surface area contributed by atoms with Gasteiger partial charge in [-0.1, -0.05) is 19.4 Å². The van der Waals surface area contributed by atoms with E-state index < -0.39 is 6.09 Å². The zero-order chi connectivity index (χ0) is 12.7. The maximum absolute atomic E-state index is 10.7. The lowest BCUT2D eigenvalue weighted by Crippen LogP contribution is -2.16. The van der Waals surface area contributed by atoms with E-state index in [4.69, 9.17) is 16.9 Å². The van der Waals surface area contributed by atoms with Crippen LogP contribution in [-0.4, -0.2) is 6.09 Å². The Labute approximate surface area is 102 Å². The van der Waals surface area contributed by atoms with Crippen molar-refractivity contribution >= 4 is 6.09 Å². The van der Waals surface area contributed by atoms with Gasteiger partial charge < -0.3 is 10.5 Å². The molecule has 90 valence electrons. The van der Waals surface area contributed by atoms with Crippen LogP contribution in [0.25, 0.3) is 0 Å². The predicted molar refractivity (Wildman–Crippen MR) is 67.8 cm³/mol. The summed E-state index contributed by atoms with van der Waals surface area (Å²) in [4.78, 5) is 10.7. The monoisotopic (exact) mass is 231 g/mol. The second-order valence-corrected chi connectivity index (χ2v) is 3.84. The molecular formula is C14H17NO2. The first-order valence-corrected chi connectivity index (χ1v) is 5.70. The molecule has 0 aliphatic carbocycles. The molecule has 17 heavy (non-hydrogen) atoms. The Kier molecular flexibility index (Phi) is 5.09. The van der Waals surface area contributed by atoms with Gasteiger partial charge in [0.1, 0.15) is 5.75 Å². The van der Waals surface area contributed by atoms with E-state index in [0.29, 0.717) is 12.2 Å². The summed E-state index contributed by atoms with van der Waals surface area (Å²) < 4.78 is 4.86. The molecule has 2 N–H and O–H groups in total. The molecule has 0 aliphatic rings. The maximum Gasteiger partial charge on any atom is 0.409 e. The van der Waals surface area contributed by atoms with Gasteiger partial charge in [-0.3, -0.25) is 0 Å². The average Bonchev–Trinajstić information content (AvgIpc) is 2.28. The lowest BCUT2D eigenvalue weighted by Gasteiger charge is -2.09. The SMILES string of the molecule is C#CCc1ccc(OC(N)=O)cc1CCCC. The van der Waals surface area contributed by atoms with Crippen molar-refractivity contribution in [2.24, 2.45) is 5.73 Å². The molecule has 1 aromatic carbocycles. The van der Waals surface area contributed by atoms with Gasteiger partial charge in [0.05, 0.1) is 0 Å². The van der Waals surface area contributed by atoms with Gasteiger partial charge in [-0.2, -0.15) is 0 Å². The molecule has 0 bridgehead atoms. The highest BCUT2D eigenvalue weighted by molar-refractivity contribution is 5.68. The van der Waals surface area contributed by atoms with E-state index in [1.165, 1.54) is 0 Å². The Morgan fingerprint density at radius 3 is 2.82 bits per heavy atom. The summed E-state index contributed by atoms with van der Waals surface area (Å²) in [7, 11) is 0. The summed E-state index contributed by atoms with van der Waals surface area (Å²) in [6, 6.07) is 5.45. The fourth-order valence-electron chi connectivity index (χ4n) is 1.66. The minimum atomic E-state index is -0.795. The number of unbranched alkanes of at least 4 members (excludes halogenated alkanes) is 1. The third-order valence-electron chi connectivity index (χ3n) is 2.49. The number of primary amides is 1. The normalized spacial score (nSPS) is 9.65. The van der Waals surface area contributed by atoms with Gasteiger partial charge in [0, 0.05) is 6.42 Å². The van der Waals surface area contributed by atoms with Crippen LogP contribution in [0.5, 0.6) is 5.75 Å². The molecule has 1 aromatic rings. The van der Waals surface area contributed by atoms with Crippen molar-refractivity contribution in [2.45, 2.75) is 32.6 Å². The molecule has 0 fully saturated rings. The summed E-state index contributed by atoms with van der Waals surface area (Å²) in [6.07, 6.45) is 8.24. The van der Waals surface area contributed by atoms with Crippen LogP contribution in [0.3, 0.4) is 0 Å². The topological polar surface area (TPSA) is 52.3 Å². The van der Waals surface area contributed by atoms with Crippen molar-refractivity contribution in [1.29, 1.82) is 0 Å². The van der Waals surface area contributed by atoms with E-state index in [1.54, 1.807) is 6.07 Å². The molecule has 0 atom stereocenters. The number of carbonyl (C=O) groups is 1. The van der Waals surface area contributed by atoms with E-state index >= 15 is 0 Å². The number of aryl methyl sites for hydroxylation is 1. The highest BCUT2D eigenvalue weighted by Crippen LogP contribution is 2.20. The van der Waals surface area contributed by atoms with Crippen molar-refractivity contribution < 1.29 is 9.53 Å². The molecule has 0 aromatic heterocycles. The molecule has 0 radical (unpaired) electrons. The van der Waals surface area contributed by atoms with Crippen molar-refractivity contribution in [3.63, 3.8) is 0 Å². The molecule has 0 saturated carbocycles. The lowest BCUT2D eigenvalue weighted by molar-refractivity contribution is 0.211. The highest BCUT2D eigenvalue weighted by Gasteiger charge is 2.05. The van der Waals surface area contributed by atoms with Crippen molar-refractivity contribution in [3.05, 3.63) is 29.3 Å². The van der Waals surface area contributed by atoms with Gasteiger partial charge in [-0.25, -0.2) is 4.79 Å². The van der Waals surface area contributed by atoms with Crippen molar-refractivity contribution in [3.8, 4) is 18.1 Å². The summed E-state index contributed by atoms with van der Waals surface area (Å²) in [5.41, 5.74) is 7.22. The van der Waals surface area contributed by atoms with Gasteiger partial charge in [0.25, 0.3) is 0 Å². The predicted octanol–water partition coefficient (Wildman–Crippen LogP) is 2.66. The molecule has 3 heteroatoms. The van der Waals surface area contributed by atoms with Crippen LogP contribution in [0.2, 0.25) is 0 Å². The number of amides is 1. The summed E-state index contributed by atoms with van der Waals surface area (Å²) in [6.45, 7) is 2.13. The fourth-order valence-corrected chi connectivity index (χ4v) is 1.66. The van der Waals surface area contributed by atoms with Crippen LogP contribution in [0.4, 0.5) is 4.79 Å². The van der Waals surface area contributed by atoms with Gasteiger partial charge in [0.2, 0.25) is 0 Å². The van der Waals surface area contributed by atoms with Crippen LogP contribution in [0.15, 0.2) is 18.2 Å². The van der Waals surface area contributed by atoms with E-state index in [0.717, 1.165) is 30.4 Å². The molecule has 3 nitrogen and oxygen atoms in total. The third kappa shape index (κ3) is 4.20. The van der Waals surface area contributed by atoms with Gasteiger partial charge in [-0.15, -0.1) is 12.3 Å². The third-order valence-corrected chi connectivity index (χ3v) is 2.49. The zero-order valence-electron chi connectivity index (χ0n) is 10.0. The van der Waals surface area contributed by atoms with Crippen LogP contribution >= 0.6 is 0 Å². The first-order valence-electron chi connectivity index (χ1n) is 5.70. The number of ether oxygens (including phenoxy) is 1. The Morgan fingerprint density at radius 1 is 1.47 bits per heavy atom. The quantitative estimate of drug-likeness (QED) is 0.792. The lowest BCUT2D eigenvalue weighted by atomic mass is 9.99. The minimum absolute atomic E-state index is 0.476. The molecule has 1 amide bonds. The van der Waals surface area contributed by atoms with Crippen molar-refractivity contribution in [1.82, 2.24) is 0 Å². The molecule has 0 saturated heterocycles. The largest absolute Gasteiger partial charge is 0.410 e. The first-order chi connectivity index (χ1) is 8.17. The summed E-state index contributed by atoms with van der Waals surface area (Å²) in [5, 5.41) is 0. The molecule has 0 unspecified atom stereocenters. The van der Waals surface area contributed by atoms with E-state index in [-0.39, 0.29) is 0 Å². The van der Waals surface area contributed by atoms with Crippen LogP contribution < -0.4 is 10.5 Å². The highest BCUT2D eigenvalue weighted by atomic mass is 16.5. The van der Waals surface area contributed by atoms with Crippen molar-refractivity contribution in [2.75, 3.05) is 0 Å². The maximum atomic E-state index is 10.7. The number of terminal acetylenes is 1. The standard InChI is InChI=1S/C14H17NO2/c1-3-5-7-12-10-13(17-14(15)16)9-8-11(12)6-4-2/h2,8-10H,3,5-7H2,1H3,(H2,15,16). The average molecular weight is 231 g/mol. The van der Waals surface area contributed by atoms with Gasteiger partial charge >= 0.3 is 6.09 Å². The Hall–Kier alpha value is -1.95. The first kappa shape index (κ1) is 13.1. The molecule has 0 aliphatic heterocycles. The van der Waals surface area contributed by atoms with E-state index in [2.05, 4.69) is 12.8 Å². The number of nitrogens with two attached hydrogens (primary N) is 1.